The molecule has 0 radical (unpaired) electrons. The van der Waals surface area contributed by atoms with Gasteiger partial charge >= 0.3 is 6.03 Å². The van der Waals surface area contributed by atoms with Crippen LogP contribution < -0.4 is 16.0 Å². The molecule has 4 rings (SSSR count). The van der Waals surface area contributed by atoms with E-state index in [1.165, 1.54) is 0 Å². The number of carbonyl (C=O) groups is 3. The van der Waals surface area contributed by atoms with Crippen molar-refractivity contribution in [1.29, 1.82) is 0 Å². The SMILES string of the molecule is CC(C)C[C@H](NC(=O)N(Cc1ccccc1)C1CCCC1)C(=O)NC1(C(O)S(=O)(=O)[O-])CC2(CCNC2=O)C1. The second-order valence-electron chi connectivity index (χ2n) is 11.8. The Bertz CT molecular complexity index is 1160. The first-order valence-corrected chi connectivity index (χ1v) is 15.2. The number of urea groups is 1. The lowest BCUT2D eigenvalue weighted by atomic mass is 9.56. The maximum atomic E-state index is 13.6. The van der Waals surface area contributed by atoms with Crippen LogP contribution >= 0.6 is 0 Å². The molecule has 216 valence electrons. The third-order valence-electron chi connectivity index (χ3n) is 8.34. The van der Waals surface area contributed by atoms with Gasteiger partial charge in [0, 0.05) is 19.1 Å². The quantitative estimate of drug-likeness (QED) is 0.313. The number of rotatable bonds is 10. The Morgan fingerprint density at radius 2 is 1.82 bits per heavy atom. The predicted molar refractivity (Wildman–Crippen MR) is 142 cm³/mol. The summed E-state index contributed by atoms with van der Waals surface area (Å²) in [5.41, 5.74) is -4.21. The highest BCUT2D eigenvalue weighted by atomic mass is 32.2. The van der Waals surface area contributed by atoms with Gasteiger partial charge in [-0.2, -0.15) is 0 Å². The van der Waals surface area contributed by atoms with Crippen molar-refractivity contribution in [2.75, 3.05) is 6.54 Å². The van der Waals surface area contributed by atoms with Crippen molar-refractivity contribution in [2.24, 2.45) is 11.3 Å². The second kappa shape index (κ2) is 11.4. The van der Waals surface area contributed by atoms with Gasteiger partial charge in [0.15, 0.2) is 5.44 Å². The smallest absolute Gasteiger partial charge is 0.318 e. The van der Waals surface area contributed by atoms with E-state index < -0.39 is 44.5 Å². The van der Waals surface area contributed by atoms with Gasteiger partial charge in [-0.15, -0.1) is 0 Å². The normalized spacial score (nSPS) is 26.6. The van der Waals surface area contributed by atoms with Gasteiger partial charge in [0.1, 0.15) is 16.2 Å². The summed E-state index contributed by atoms with van der Waals surface area (Å²) < 4.78 is 35.5. The maximum Gasteiger partial charge on any atom is 0.318 e. The van der Waals surface area contributed by atoms with E-state index in [0.717, 1.165) is 31.2 Å². The summed E-state index contributed by atoms with van der Waals surface area (Å²) in [6.07, 6.45) is 4.07. The number of aliphatic hydroxyl groups is 1. The standard InChI is InChI=1S/C27H40N4O7S/c1-18(2)14-21(29-25(35)31(20-10-6-7-11-20)15-19-8-4-3-5-9-19)22(32)30-27(24(34)39(36,37)38)16-26(17-27)12-13-28-23(26)33/h3-5,8-9,18,20-21,24,34H,6-7,10-17H2,1-2H3,(H,28,33)(H,29,35)(H,30,32)(H,36,37,38)/p-1/t21-,24?,26?,27?/m0/s1. The van der Waals surface area contributed by atoms with Crippen LogP contribution in [0.15, 0.2) is 30.3 Å². The van der Waals surface area contributed by atoms with E-state index in [1.54, 1.807) is 4.90 Å². The molecule has 1 aliphatic heterocycles. The minimum atomic E-state index is -5.20. The van der Waals surface area contributed by atoms with Crippen LogP contribution in [0.1, 0.15) is 70.8 Å². The van der Waals surface area contributed by atoms with Gasteiger partial charge in [0.2, 0.25) is 11.8 Å². The van der Waals surface area contributed by atoms with E-state index in [9.17, 15) is 32.5 Å². The van der Waals surface area contributed by atoms with Crippen molar-refractivity contribution in [3.63, 3.8) is 0 Å². The maximum absolute atomic E-state index is 13.6. The lowest BCUT2D eigenvalue weighted by molar-refractivity contribution is -0.146. The number of hydrogen-bond donors (Lipinski definition) is 4. The molecule has 0 bridgehead atoms. The number of nitrogens with one attached hydrogen (secondary N) is 3. The Hall–Kier alpha value is -2.70. The Kier molecular flexibility index (Phi) is 8.58. The summed E-state index contributed by atoms with van der Waals surface area (Å²) in [6.45, 7) is 4.55. The third-order valence-corrected chi connectivity index (χ3v) is 9.34. The van der Waals surface area contributed by atoms with Crippen LogP contribution in [0.2, 0.25) is 0 Å². The first-order valence-electron chi connectivity index (χ1n) is 13.7. The van der Waals surface area contributed by atoms with Crippen molar-refractivity contribution in [3.8, 4) is 0 Å². The van der Waals surface area contributed by atoms with E-state index in [2.05, 4.69) is 16.0 Å². The summed E-state index contributed by atoms with van der Waals surface area (Å²) in [7, 11) is -5.20. The Morgan fingerprint density at radius 3 is 2.36 bits per heavy atom. The molecule has 1 unspecified atom stereocenters. The molecular weight excluding hydrogens is 524 g/mol. The molecule has 3 fully saturated rings. The van der Waals surface area contributed by atoms with Crippen LogP contribution in [-0.2, 0) is 26.3 Å². The largest absolute Gasteiger partial charge is 0.746 e. The highest BCUT2D eigenvalue weighted by Crippen LogP contribution is 2.55. The number of nitrogens with zero attached hydrogens (tertiary/aromatic N) is 1. The van der Waals surface area contributed by atoms with Gasteiger partial charge in [-0.05, 0) is 50.0 Å². The molecule has 1 aromatic carbocycles. The highest BCUT2D eigenvalue weighted by molar-refractivity contribution is 7.86. The molecule has 1 saturated heterocycles. The molecule has 1 heterocycles. The van der Waals surface area contributed by atoms with E-state index in [4.69, 9.17) is 0 Å². The van der Waals surface area contributed by atoms with Crippen LogP contribution in [0.5, 0.6) is 0 Å². The summed E-state index contributed by atoms with van der Waals surface area (Å²) >= 11 is 0. The lowest BCUT2D eigenvalue weighted by Gasteiger charge is -2.55. The average molecular weight is 564 g/mol. The first kappa shape index (κ1) is 29.3. The molecular formula is C27H39N4O7S-. The van der Waals surface area contributed by atoms with Crippen molar-refractivity contribution in [3.05, 3.63) is 35.9 Å². The predicted octanol–water partition coefficient (Wildman–Crippen LogP) is 1.57. The zero-order valence-electron chi connectivity index (χ0n) is 22.5. The lowest BCUT2D eigenvalue weighted by Crippen LogP contribution is -2.72. The Labute approximate surface area is 229 Å². The molecule has 1 aromatic rings. The zero-order valence-corrected chi connectivity index (χ0v) is 23.3. The molecule has 39 heavy (non-hydrogen) atoms. The molecule has 12 heteroatoms. The minimum absolute atomic E-state index is 0.00689. The van der Waals surface area contributed by atoms with E-state index in [1.807, 2.05) is 44.2 Å². The fourth-order valence-corrected chi connectivity index (χ4v) is 7.22. The summed E-state index contributed by atoms with van der Waals surface area (Å²) in [5, 5.41) is 18.7. The summed E-state index contributed by atoms with van der Waals surface area (Å²) in [6, 6.07) is 8.17. The number of carbonyl (C=O) groups excluding carboxylic acids is 3. The van der Waals surface area contributed by atoms with E-state index >= 15 is 0 Å². The topological polar surface area (TPSA) is 168 Å². The molecule has 2 atom stereocenters. The molecule has 3 aliphatic rings. The molecule has 2 saturated carbocycles. The second-order valence-corrected chi connectivity index (χ2v) is 13.2. The number of hydrogen-bond acceptors (Lipinski definition) is 7. The third kappa shape index (κ3) is 6.38. The highest BCUT2D eigenvalue weighted by Gasteiger charge is 2.65. The van der Waals surface area contributed by atoms with Crippen molar-refractivity contribution in [1.82, 2.24) is 20.9 Å². The van der Waals surface area contributed by atoms with Crippen LogP contribution in [-0.4, -0.2) is 70.4 Å². The number of aliphatic hydroxyl groups excluding tert-OH is 1. The van der Waals surface area contributed by atoms with Gasteiger partial charge in [-0.25, -0.2) is 13.2 Å². The van der Waals surface area contributed by atoms with Gasteiger partial charge < -0.3 is 30.5 Å². The Morgan fingerprint density at radius 1 is 1.18 bits per heavy atom. The summed E-state index contributed by atoms with van der Waals surface area (Å²) in [5.74, 6) is -0.991. The van der Waals surface area contributed by atoms with Crippen molar-refractivity contribution >= 4 is 28.0 Å². The van der Waals surface area contributed by atoms with Gasteiger partial charge in [-0.1, -0.05) is 57.0 Å². The van der Waals surface area contributed by atoms with Gasteiger partial charge in [0.25, 0.3) is 0 Å². The van der Waals surface area contributed by atoms with Crippen LogP contribution in [0.25, 0.3) is 0 Å². The van der Waals surface area contributed by atoms with Gasteiger partial charge in [-0.3, -0.25) is 9.59 Å². The van der Waals surface area contributed by atoms with Crippen molar-refractivity contribution < 1.29 is 32.5 Å². The van der Waals surface area contributed by atoms with Gasteiger partial charge in [0.05, 0.1) is 11.0 Å². The molecule has 2 aliphatic carbocycles. The molecule has 4 amide bonds. The fraction of sp³-hybridized carbons (Fsp3) is 0.667. The molecule has 4 N–H and O–H groups in total. The van der Waals surface area contributed by atoms with Crippen LogP contribution in [0.4, 0.5) is 4.79 Å². The molecule has 1 spiro atoms. The Balaban J connectivity index is 1.54. The summed E-state index contributed by atoms with van der Waals surface area (Å²) in [4.78, 5) is 41.3. The number of amides is 4. The number of benzene rings is 1. The molecule has 11 nitrogen and oxygen atoms in total. The average Bonchev–Trinajstić information content (AvgIpc) is 3.51. The first-order chi connectivity index (χ1) is 18.4. The van der Waals surface area contributed by atoms with E-state index in [-0.39, 0.29) is 37.1 Å². The zero-order chi connectivity index (χ0) is 28.4. The van der Waals surface area contributed by atoms with Crippen molar-refractivity contribution in [2.45, 2.75) is 94.8 Å². The van der Waals surface area contributed by atoms with E-state index in [0.29, 0.717) is 19.5 Å². The minimum Gasteiger partial charge on any atom is -0.746 e. The van der Waals surface area contributed by atoms with Crippen LogP contribution in [0.3, 0.4) is 0 Å². The fourth-order valence-electron chi connectivity index (χ4n) is 6.44. The van der Waals surface area contributed by atoms with Crippen LogP contribution in [0, 0.1) is 11.3 Å². The monoisotopic (exact) mass is 563 g/mol. The molecule has 0 aromatic heterocycles.